The molecule has 1 aliphatic carbocycles. The highest BCUT2D eigenvalue weighted by molar-refractivity contribution is 5.34. The van der Waals surface area contributed by atoms with Crippen molar-refractivity contribution in [1.82, 2.24) is 20.3 Å². The Labute approximate surface area is 122 Å². The predicted molar refractivity (Wildman–Crippen MR) is 74.0 cm³/mol. The zero-order valence-electron chi connectivity index (χ0n) is 12.3. The Bertz CT molecular complexity index is 585. The summed E-state index contributed by atoms with van der Waals surface area (Å²) in [4.78, 5) is 11.2. The van der Waals surface area contributed by atoms with E-state index in [9.17, 15) is 0 Å². The van der Waals surface area contributed by atoms with E-state index in [1.54, 1.807) is 0 Å². The van der Waals surface area contributed by atoms with Crippen molar-refractivity contribution < 1.29 is 9.05 Å². The van der Waals surface area contributed by atoms with Gasteiger partial charge in [0.1, 0.15) is 6.04 Å². The third-order valence-electron chi connectivity index (χ3n) is 4.13. The van der Waals surface area contributed by atoms with E-state index in [1.807, 2.05) is 0 Å². The van der Waals surface area contributed by atoms with Crippen molar-refractivity contribution in [3.8, 4) is 0 Å². The van der Waals surface area contributed by atoms with Crippen molar-refractivity contribution >= 4 is 5.95 Å². The van der Waals surface area contributed by atoms with Gasteiger partial charge < -0.3 is 13.9 Å². The highest BCUT2D eigenvalue weighted by Crippen LogP contribution is 2.41. The first-order valence-corrected chi connectivity index (χ1v) is 7.66. The van der Waals surface area contributed by atoms with E-state index < -0.39 is 0 Å². The summed E-state index contributed by atoms with van der Waals surface area (Å²) in [7, 11) is 0. The number of aromatic nitrogens is 4. The fraction of sp³-hybridized carbons (Fsp3) is 0.714. The molecule has 1 atom stereocenters. The van der Waals surface area contributed by atoms with Gasteiger partial charge in [0.2, 0.25) is 11.8 Å². The lowest BCUT2D eigenvalue weighted by atomic mass is 10.2. The van der Waals surface area contributed by atoms with Gasteiger partial charge in [0.25, 0.3) is 5.95 Å². The van der Waals surface area contributed by atoms with Crippen LogP contribution in [0.2, 0.25) is 0 Å². The van der Waals surface area contributed by atoms with Gasteiger partial charge in [-0.3, -0.25) is 0 Å². The van der Waals surface area contributed by atoms with Crippen LogP contribution in [-0.2, 0) is 0 Å². The van der Waals surface area contributed by atoms with Crippen LogP contribution in [0.3, 0.4) is 0 Å². The molecule has 4 rings (SSSR count). The van der Waals surface area contributed by atoms with Crippen LogP contribution in [0.25, 0.3) is 0 Å². The quantitative estimate of drug-likeness (QED) is 0.855. The van der Waals surface area contributed by atoms with Crippen molar-refractivity contribution in [1.29, 1.82) is 0 Å². The standard InChI is InChI=1S/C14H19N5O2/c1-8(2)11-15-13(21-17-11)10-4-3-7-19(10)14-16-12(20-18-14)9-5-6-9/h8-10H,3-7H2,1-2H3/t10-/m0/s1. The van der Waals surface area contributed by atoms with Gasteiger partial charge in [0.15, 0.2) is 5.82 Å². The molecule has 0 amide bonds. The van der Waals surface area contributed by atoms with E-state index in [-0.39, 0.29) is 12.0 Å². The Morgan fingerprint density at radius 2 is 1.86 bits per heavy atom. The lowest BCUT2D eigenvalue weighted by Crippen LogP contribution is -2.24. The van der Waals surface area contributed by atoms with Crippen LogP contribution in [0, 0.1) is 0 Å². The van der Waals surface area contributed by atoms with Gasteiger partial charge in [-0.15, -0.1) is 0 Å². The summed E-state index contributed by atoms with van der Waals surface area (Å²) in [5.41, 5.74) is 0. The molecule has 3 heterocycles. The van der Waals surface area contributed by atoms with Crippen molar-refractivity contribution in [2.45, 2.75) is 57.4 Å². The number of anilines is 1. The molecule has 0 spiro atoms. The van der Waals surface area contributed by atoms with E-state index in [4.69, 9.17) is 9.05 Å². The van der Waals surface area contributed by atoms with E-state index >= 15 is 0 Å². The molecule has 1 saturated carbocycles. The molecule has 0 aromatic carbocycles. The number of nitrogens with zero attached hydrogens (tertiary/aromatic N) is 5. The van der Waals surface area contributed by atoms with E-state index in [0.29, 0.717) is 17.8 Å². The van der Waals surface area contributed by atoms with E-state index in [1.165, 1.54) is 0 Å². The van der Waals surface area contributed by atoms with Crippen molar-refractivity contribution in [3.05, 3.63) is 17.6 Å². The topological polar surface area (TPSA) is 81.1 Å². The maximum atomic E-state index is 5.44. The molecule has 0 radical (unpaired) electrons. The molecule has 1 saturated heterocycles. The van der Waals surface area contributed by atoms with Gasteiger partial charge in [-0.2, -0.15) is 9.97 Å². The Balaban J connectivity index is 1.58. The zero-order valence-corrected chi connectivity index (χ0v) is 12.3. The number of hydrogen-bond donors (Lipinski definition) is 0. The molecule has 21 heavy (non-hydrogen) atoms. The molecule has 2 aromatic rings. The second-order valence-electron chi connectivity index (χ2n) is 6.20. The molecule has 0 unspecified atom stereocenters. The predicted octanol–water partition coefficient (Wildman–Crippen LogP) is 2.79. The van der Waals surface area contributed by atoms with Gasteiger partial charge in [-0.25, -0.2) is 0 Å². The van der Waals surface area contributed by atoms with Gasteiger partial charge in [-0.1, -0.05) is 19.0 Å². The Hall–Kier alpha value is -1.92. The maximum Gasteiger partial charge on any atom is 0.266 e. The summed E-state index contributed by atoms with van der Waals surface area (Å²) in [6, 6.07) is 0.0645. The molecule has 7 heteroatoms. The van der Waals surface area contributed by atoms with Crippen LogP contribution >= 0.6 is 0 Å². The number of rotatable bonds is 4. The summed E-state index contributed by atoms with van der Waals surface area (Å²) >= 11 is 0. The molecular formula is C14H19N5O2. The maximum absolute atomic E-state index is 5.44. The van der Waals surface area contributed by atoms with Crippen molar-refractivity contribution in [3.63, 3.8) is 0 Å². The molecule has 2 fully saturated rings. The second-order valence-corrected chi connectivity index (χ2v) is 6.20. The largest absolute Gasteiger partial charge is 0.337 e. The van der Waals surface area contributed by atoms with Gasteiger partial charge >= 0.3 is 0 Å². The first kappa shape index (κ1) is 12.8. The zero-order chi connectivity index (χ0) is 14.4. The van der Waals surface area contributed by atoms with Crippen molar-refractivity contribution in [2.24, 2.45) is 0 Å². The van der Waals surface area contributed by atoms with E-state index in [2.05, 4.69) is 39.0 Å². The number of hydrogen-bond acceptors (Lipinski definition) is 7. The minimum absolute atomic E-state index is 0.0645. The molecule has 0 N–H and O–H groups in total. The lowest BCUT2D eigenvalue weighted by molar-refractivity contribution is 0.346. The van der Waals surface area contributed by atoms with Crippen molar-refractivity contribution in [2.75, 3.05) is 11.4 Å². The summed E-state index contributed by atoms with van der Waals surface area (Å²) in [5, 5.41) is 8.18. The lowest BCUT2D eigenvalue weighted by Gasteiger charge is -2.18. The molecule has 1 aliphatic heterocycles. The fourth-order valence-electron chi connectivity index (χ4n) is 2.72. The van der Waals surface area contributed by atoms with Crippen LogP contribution in [0.15, 0.2) is 9.05 Å². The normalized spacial score (nSPS) is 22.4. The molecule has 0 bridgehead atoms. The third-order valence-corrected chi connectivity index (χ3v) is 4.13. The van der Waals surface area contributed by atoms with Crippen LogP contribution < -0.4 is 4.90 Å². The minimum Gasteiger partial charge on any atom is -0.337 e. The average molecular weight is 289 g/mol. The second kappa shape index (κ2) is 4.82. The Kier molecular flexibility index (Phi) is 2.94. The SMILES string of the molecule is CC(C)c1noc([C@@H]2CCCN2c2noc(C3CC3)n2)n1. The minimum atomic E-state index is 0.0645. The monoisotopic (exact) mass is 289 g/mol. The van der Waals surface area contributed by atoms with Gasteiger partial charge in [-0.05, 0) is 30.8 Å². The van der Waals surface area contributed by atoms with Crippen LogP contribution in [0.5, 0.6) is 0 Å². The molecular weight excluding hydrogens is 270 g/mol. The summed E-state index contributed by atoms with van der Waals surface area (Å²) in [6.07, 6.45) is 4.36. The highest BCUT2D eigenvalue weighted by atomic mass is 16.5. The summed E-state index contributed by atoms with van der Waals surface area (Å²) < 4.78 is 10.8. The highest BCUT2D eigenvalue weighted by Gasteiger charge is 2.36. The average Bonchev–Trinajstić information content (AvgIpc) is 2.95. The Morgan fingerprint density at radius 3 is 2.57 bits per heavy atom. The molecule has 2 aromatic heterocycles. The van der Waals surface area contributed by atoms with Crippen LogP contribution in [0.1, 0.15) is 75.0 Å². The van der Waals surface area contributed by atoms with Gasteiger partial charge in [0.05, 0.1) is 0 Å². The first-order chi connectivity index (χ1) is 10.2. The first-order valence-electron chi connectivity index (χ1n) is 7.66. The van der Waals surface area contributed by atoms with Crippen LogP contribution in [0.4, 0.5) is 5.95 Å². The smallest absolute Gasteiger partial charge is 0.266 e. The van der Waals surface area contributed by atoms with Crippen LogP contribution in [-0.4, -0.2) is 26.8 Å². The molecule has 7 nitrogen and oxygen atoms in total. The third kappa shape index (κ3) is 2.30. The Morgan fingerprint density at radius 1 is 1.05 bits per heavy atom. The fourth-order valence-corrected chi connectivity index (χ4v) is 2.72. The molecule has 112 valence electrons. The summed E-state index contributed by atoms with van der Waals surface area (Å²) in [6.45, 7) is 5.01. The van der Waals surface area contributed by atoms with Gasteiger partial charge in [0, 0.05) is 18.4 Å². The molecule has 2 aliphatic rings. The van der Waals surface area contributed by atoms with E-state index in [0.717, 1.165) is 43.9 Å². The summed E-state index contributed by atoms with van der Waals surface area (Å²) in [5.74, 6) is 3.58.